The van der Waals surface area contributed by atoms with Gasteiger partial charge in [-0.3, -0.25) is 0 Å². The van der Waals surface area contributed by atoms with E-state index in [0.29, 0.717) is 26.4 Å². The third kappa shape index (κ3) is 8.72. The molecule has 0 aliphatic rings. The van der Waals surface area contributed by atoms with E-state index in [0.717, 1.165) is 6.54 Å². The van der Waals surface area contributed by atoms with Crippen molar-refractivity contribution in [2.24, 2.45) is 0 Å². The molecule has 0 radical (unpaired) electrons. The molecule has 0 bridgehead atoms. The van der Waals surface area contributed by atoms with Crippen LogP contribution in [0.5, 0.6) is 0 Å². The molecule has 1 aromatic carbocycles. The fourth-order valence-corrected chi connectivity index (χ4v) is 1.60. The Kier molecular flexibility index (Phi) is 8.41. The molecule has 0 heterocycles. The summed E-state index contributed by atoms with van der Waals surface area (Å²) in [5.74, 6) is 0. The first kappa shape index (κ1) is 16.1. The molecule has 0 fully saturated rings. The summed E-state index contributed by atoms with van der Waals surface area (Å²) in [5, 5.41) is 12.9. The van der Waals surface area contributed by atoms with Crippen LogP contribution in [0.2, 0.25) is 0 Å². The fourth-order valence-electron chi connectivity index (χ4n) is 1.60. The minimum absolute atomic E-state index is 0.223. The number of nitrogens with one attached hydrogen (secondary N) is 1. The van der Waals surface area contributed by atoms with Crippen LogP contribution >= 0.6 is 0 Å². The third-order valence-electron chi connectivity index (χ3n) is 2.54. The third-order valence-corrected chi connectivity index (χ3v) is 2.54. The van der Waals surface area contributed by atoms with Crippen molar-refractivity contribution in [1.29, 1.82) is 0 Å². The van der Waals surface area contributed by atoms with Crippen molar-refractivity contribution in [3.05, 3.63) is 35.9 Å². The van der Waals surface area contributed by atoms with Crippen LogP contribution in [-0.2, 0) is 16.0 Å². The Bertz CT molecular complexity index is 316. The highest BCUT2D eigenvalue weighted by molar-refractivity contribution is 5.14. The van der Waals surface area contributed by atoms with E-state index in [9.17, 15) is 5.11 Å². The van der Waals surface area contributed by atoms with Crippen molar-refractivity contribution in [1.82, 2.24) is 5.32 Å². The van der Waals surface area contributed by atoms with Gasteiger partial charge in [-0.15, -0.1) is 0 Å². The van der Waals surface area contributed by atoms with Gasteiger partial charge in [-0.1, -0.05) is 30.3 Å². The highest BCUT2D eigenvalue weighted by atomic mass is 16.5. The number of hydrogen-bond acceptors (Lipinski definition) is 4. The molecule has 0 saturated carbocycles. The Morgan fingerprint density at radius 1 is 1.16 bits per heavy atom. The zero-order chi connectivity index (χ0) is 13.9. The molecule has 0 aliphatic carbocycles. The Labute approximate surface area is 115 Å². The second-order valence-electron chi connectivity index (χ2n) is 4.76. The van der Waals surface area contributed by atoms with E-state index in [2.05, 4.69) is 17.4 Å². The van der Waals surface area contributed by atoms with Crippen molar-refractivity contribution in [2.75, 3.05) is 26.4 Å². The quantitative estimate of drug-likeness (QED) is 0.632. The van der Waals surface area contributed by atoms with Gasteiger partial charge in [0.15, 0.2) is 0 Å². The molecule has 4 heteroatoms. The predicted octanol–water partition coefficient (Wildman–Crippen LogP) is 1.58. The van der Waals surface area contributed by atoms with Gasteiger partial charge in [0.05, 0.1) is 32.0 Å². The van der Waals surface area contributed by atoms with Crippen LogP contribution in [0.4, 0.5) is 0 Å². The van der Waals surface area contributed by atoms with Crippen LogP contribution < -0.4 is 5.32 Å². The normalized spacial score (nSPS) is 12.8. The second-order valence-corrected chi connectivity index (χ2v) is 4.76. The largest absolute Gasteiger partial charge is 0.389 e. The average molecular weight is 267 g/mol. The van der Waals surface area contributed by atoms with Gasteiger partial charge < -0.3 is 19.9 Å². The van der Waals surface area contributed by atoms with E-state index in [1.54, 1.807) is 0 Å². The summed E-state index contributed by atoms with van der Waals surface area (Å²) in [7, 11) is 0. The van der Waals surface area contributed by atoms with E-state index >= 15 is 0 Å². The Morgan fingerprint density at radius 2 is 1.89 bits per heavy atom. The lowest BCUT2D eigenvalue weighted by atomic mass is 10.2. The summed E-state index contributed by atoms with van der Waals surface area (Å²) in [6.45, 7) is 6.69. The zero-order valence-electron chi connectivity index (χ0n) is 11.8. The Morgan fingerprint density at radius 3 is 2.58 bits per heavy atom. The second kappa shape index (κ2) is 9.92. The molecule has 0 amide bonds. The Hall–Kier alpha value is -0.940. The van der Waals surface area contributed by atoms with Crippen LogP contribution in [0.3, 0.4) is 0 Å². The number of rotatable bonds is 10. The zero-order valence-corrected chi connectivity index (χ0v) is 11.8. The molecule has 19 heavy (non-hydrogen) atoms. The number of ether oxygens (including phenoxy) is 2. The highest BCUT2D eigenvalue weighted by Gasteiger charge is 2.03. The number of aliphatic hydroxyl groups excluding tert-OH is 1. The van der Waals surface area contributed by atoms with Crippen molar-refractivity contribution >= 4 is 0 Å². The molecule has 108 valence electrons. The minimum Gasteiger partial charge on any atom is -0.389 e. The molecule has 1 rings (SSSR count). The van der Waals surface area contributed by atoms with Gasteiger partial charge in [-0.05, 0) is 19.4 Å². The van der Waals surface area contributed by atoms with E-state index in [1.165, 1.54) is 5.56 Å². The summed E-state index contributed by atoms with van der Waals surface area (Å²) < 4.78 is 10.7. The van der Waals surface area contributed by atoms with Gasteiger partial charge in [0.2, 0.25) is 0 Å². The molecule has 1 unspecified atom stereocenters. The lowest BCUT2D eigenvalue weighted by Gasteiger charge is -2.13. The van der Waals surface area contributed by atoms with E-state index < -0.39 is 6.10 Å². The first-order valence-electron chi connectivity index (χ1n) is 6.80. The first-order valence-corrected chi connectivity index (χ1v) is 6.80. The van der Waals surface area contributed by atoms with Crippen LogP contribution in [0.15, 0.2) is 30.3 Å². The molecular formula is C15H25NO3. The molecule has 0 aliphatic heterocycles. The number of aliphatic hydroxyl groups is 1. The SMILES string of the molecule is CC(C)OCCOCC(O)CNCc1ccccc1. The summed E-state index contributed by atoms with van der Waals surface area (Å²) in [6.07, 6.45) is -0.260. The lowest BCUT2D eigenvalue weighted by molar-refractivity contribution is -0.0100. The maximum absolute atomic E-state index is 9.71. The van der Waals surface area contributed by atoms with Crippen molar-refractivity contribution in [2.45, 2.75) is 32.6 Å². The number of hydrogen-bond donors (Lipinski definition) is 2. The smallest absolute Gasteiger partial charge is 0.0897 e. The number of benzene rings is 1. The van der Waals surface area contributed by atoms with Crippen LogP contribution in [0.1, 0.15) is 19.4 Å². The molecular weight excluding hydrogens is 242 g/mol. The van der Waals surface area contributed by atoms with Gasteiger partial charge in [-0.2, -0.15) is 0 Å². The minimum atomic E-state index is -0.484. The molecule has 1 aromatic rings. The first-order chi connectivity index (χ1) is 9.18. The summed E-state index contributed by atoms with van der Waals surface area (Å²) in [5.41, 5.74) is 1.21. The maximum Gasteiger partial charge on any atom is 0.0897 e. The molecule has 2 N–H and O–H groups in total. The molecule has 0 spiro atoms. The topological polar surface area (TPSA) is 50.7 Å². The van der Waals surface area contributed by atoms with Gasteiger partial charge in [0, 0.05) is 13.1 Å². The van der Waals surface area contributed by atoms with Crippen LogP contribution in [-0.4, -0.2) is 43.7 Å². The Balaban J connectivity index is 1.97. The molecule has 0 saturated heterocycles. The van der Waals surface area contributed by atoms with E-state index in [-0.39, 0.29) is 6.10 Å². The molecule has 1 atom stereocenters. The lowest BCUT2D eigenvalue weighted by Crippen LogP contribution is -2.30. The summed E-state index contributed by atoms with van der Waals surface area (Å²) in [4.78, 5) is 0. The van der Waals surface area contributed by atoms with E-state index in [1.807, 2.05) is 32.0 Å². The summed E-state index contributed by atoms with van der Waals surface area (Å²) in [6, 6.07) is 10.1. The highest BCUT2D eigenvalue weighted by Crippen LogP contribution is 1.97. The van der Waals surface area contributed by atoms with Crippen LogP contribution in [0, 0.1) is 0 Å². The standard InChI is InChI=1S/C15H25NO3/c1-13(2)19-9-8-18-12-15(17)11-16-10-14-6-4-3-5-7-14/h3-7,13,15-17H,8-12H2,1-2H3. The van der Waals surface area contributed by atoms with Crippen molar-refractivity contribution in [3.63, 3.8) is 0 Å². The molecule has 4 nitrogen and oxygen atoms in total. The van der Waals surface area contributed by atoms with Gasteiger partial charge >= 0.3 is 0 Å². The predicted molar refractivity (Wildman–Crippen MR) is 76.1 cm³/mol. The monoisotopic (exact) mass is 267 g/mol. The fraction of sp³-hybridized carbons (Fsp3) is 0.600. The van der Waals surface area contributed by atoms with Crippen molar-refractivity contribution in [3.8, 4) is 0 Å². The molecule has 0 aromatic heterocycles. The van der Waals surface area contributed by atoms with E-state index in [4.69, 9.17) is 9.47 Å². The van der Waals surface area contributed by atoms with Crippen molar-refractivity contribution < 1.29 is 14.6 Å². The van der Waals surface area contributed by atoms with Gasteiger partial charge in [0.1, 0.15) is 0 Å². The maximum atomic E-state index is 9.71. The van der Waals surface area contributed by atoms with Gasteiger partial charge in [0.25, 0.3) is 0 Å². The average Bonchev–Trinajstić information content (AvgIpc) is 2.39. The summed E-state index contributed by atoms with van der Waals surface area (Å²) >= 11 is 0. The van der Waals surface area contributed by atoms with Crippen LogP contribution in [0.25, 0.3) is 0 Å². The van der Waals surface area contributed by atoms with Gasteiger partial charge in [-0.25, -0.2) is 0 Å².